The van der Waals surface area contributed by atoms with E-state index in [0.29, 0.717) is 23.9 Å². The van der Waals surface area contributed by atoms with Crippen molar-refractivity contribution in [3.8, 4) is 0 Å². The van der Waals surface area contributed by atoms with E-state index in [4.69, 9.17) is 0 Å². The van der Waals surface area contributed by atoms with Crippen molar-refractivity contribution in [1.29, 1.82) is 0 Å². The second-order valence-electron chi connectivity index (χ2n) is 6.87. The fourth-order valence-corrected chi connectivity index (χ4v) is 4.45. The number of para-hydroxylation sites is 1. The Morgan fingerprint density at radius 1 is 1.04 bits per heavy atom. The predicted octanol–water partition coefficient (Wildman–Crippen LogP) is 4.45. The maximum atomic E-state index is 12.5. The first-order chi connectivity index (χ1) is 13.7. The van der Waals surface area contributed by atoms with Crippen LogP contribution < -0.4 is 5.32 Å². The zero-order valence-electron chi connectivity index (χ0n) is 15.2. The minimum Gasteiger partial charge on any atom is -0.294 e. The van der Waals surface area contributed by atoms with Crippen LogP contribution in [0.1, 0.15) is 39.0 Å². The molecule has 1 aliphatic rings. The molecule has 1 N–H and O–H groups in total. The van der Waals surface area contributed by atoms with E-state index in [1.165, 1.54) is 4.88 Å². The molecule has 1 atom stereocenters. The van der Waals surface area contributed by atoms with Gasteiger partial charge in [-0.2, -0.15) is 0 Å². The Kier molecular flexibility index (Phi) is 4.09. The molecule has 0 aliphatic heterocycles. The first kappa shape index (κ1) is 16.9. The minimum absolute atomic E-state index is 0.101. The number of nitrogens with one attached hydrogen (secondary N) is 1. The average Bonchev–Trinajstić information content (AvgIpc) is 3.23. The first-order valence-corrected chi connectivity index (χ1v) is 9.98. The second-order valence-corrected chi connectivity index (χ2v) is 7.85. The molecule has 138 valence electrons. The highest BCUT2D eigenvalue weighted by atomic mass is 32.1. The normalized spacial score (nSPS) is 16.2. The zero-order valence-corrected chi connectivity index (χ0v) is 16.0. The molecule has 7 heteroatoms. The van der Waals surface area contributed by atoms with E-state index in [1.807, 2.05) is 42.6 Å². The number of fused-ring (bicyclic) bond motifs is 2. The van der Waals surface area contributed by atoms with Crippen molar-refractivity contribution >= 4 is 39.9 Å². The lowest BCUT2D eigenvalue weighted by Gasteiger charge is -2.22. The number of rotatable bonds is 3. The molecular weight excluding hydrogens is 370 g/mol. The maximum Gasteiger partial charge on any atom is 0.230 e. The van der Waals surface area contributed by atoms with Crippen LogP contribution in [0.15, 0.2) is 48.0 Å². The van der Waals surface area contributed by atoms with E-state index >= 15 is 0 Å². The number of aryl methyl sites for hydroxylation is 1. The number of carbonyl (C=O) groups excluding carboxylic acids is 1. The van der Waals surface area contributed by atoms with Crippen LogP contribution in [0, 0.1) is 6.92 Å². The topological polar surface area (TPSA) is 80.7 Å². The van der Waals surface area contributed by atoms with Crippen LogP contribution in [0.2, 0.25) is 0 Å². The van der Waals surface area contributed by atoms with Gasteiger partial charge in [0.1, 0.15) is 0 Å². The van der Waals surface area contributed by atoms with Gasteiger partial charge in [-0.25, -0.2) is 19.9 Å². The van der Waals surface area contributed by atoms with Gasteiger partial charge in [-0.05, 0) is 30.9 Å². The lowest BCUT2D eigenvalue weighted by Crippen LogP contribution is -2.20. The van der Waals surface area contributed by atoms with E-state index < -0.39 is 0 Å². The number of aromatic nitrogens is 4. The van der Waals surface area contributed by atoms with Gasteiger partial charge < -0.3 is 0 Å². The number of Topliss-reactive ketones (excluding diaryl/α,β-unsaturated/α-hetero) is 1. The van der Waals surface area contributed by atoms with Gasteiger partial charge in [0.15, 0.2) is 5.78 Å². The SMILES string of the molecule is Cc1nc(Nc2ncc3c(n2)C[C@H](c2cccs2)CC3=O)nc2ccccc12. The summed E-state index contributed by atoms with van der Waals surface area (Å²) in [7, 11) is 0. The molecule has 0 unspecified atom stereocenters. The number of nitrogens with zero attached hydrogens (tertiary/aromatic N) is 4. The summed E-state index contributed by atoms with van der Waals surface area (Å²) in [6.45, 7) is 1.95. The molecule has 0 fully saturated rings. The number of benzene rings is 1. The van der Waals surface area contributed by atoms with Gasteiger partial charge in [-0.3, -0.25) is 10.1 Å². The molecule has 6 nitrogen and oxygen atoms in total. The lowest BCUT2D eigenvalue weighted by atomic mass is 9.86. The number of thiophene rings is 1. The Bertz CT molecular complexity index is 1190. The van der Waals surface area contributed by atoms with Gasteiger partial charge in [-0.15, -0.1) is 11.3 Å². The van der Waals surface area contributed by atoms with Crippen LogP contribution in [0.4, 0.5) is 11.9 Å². The molecule has 0 amide bonds. The number of anilines is 2. The van der Waals surface area contributed by atoms with Gasteiger partial charge in [0, 0.05) is 28.8 Å². The summed E-state index contributed by atoms with van der Waals surface area (Å²) in [5, 5.41) is 6.16. The molecule has 0 radical (unpaired) electrons. The van der Waals surface area contributed by atoms with Crippen LogP contribution in [-0.2, 0) is 6.42 Å². The van der Waals surface area contributed by atoms with Crippen LogP contribution >= 0.6 is 11.3 Å². The molecule has 1 aromatic carbocycles. The number of hydrogen-bond donors (Lipinski definition) is 1. The highest BCUT2D eigenvalue weighted by Gasteiger charge is 2.28. The average molecular weight is 387 g/mol. The summed E-state index contributed by atoms with van der Waals surface area (Å²) in [6.07, 6.45) is 2.86. The van der Waals surface area contributed by atoms with Gasteiger partial charge in [0.05, 0.1) is 22.5 Å². The summed E-state index contributed by atoms with van der Waals surface area (Å²) >= 11 is 1.68. The smallest absolute Gasteiger partial charge is 0.230 e. The zero-order chi connectivity index (χ0) is 19.1. The molecule has 28 heavy (non-hydrogen) atoms. The minimum atomic E-state index is 0.101. The van der Waals surface area contributed by atoms with Crippen molar-refractivity contribution in [3.05, 3.63) is 69.8 Å². The van der Waals surface area contributed by atoms with E-state index in [1.54, 1.807) is 17.5 Å². The Labute approximate surface area is 165 Å². The summed E-state index contributed by atoms with van der Waals surface area (Å²) in [5.41, 5.74) is 3.15. The van der Waals surface area contributed by atoms with Crippen LogP contribution in [0.25, 0.3) is 10.9 Å². The summed E-state index contributed by atoms with van der Waals surface area (Å²) < 4.78 is 0. The van der Waals surface area contributed by atoms with E-state index in [-0.39, 0.29) is 11.7 Å². The monoisotopic (exact) mass is 387 g/mol. The van der Waals surface area contributed by atoms with Crippen molar-refractivity contribution in [3.63, 3.8) is 0 Å². The molecule has 3 aromatic heterocycles. The van der Waals surface area contributed by atoms with Crippen molar-refractivity contribution < 1.29 is 4.79 Å². The Morgan fingerprint density at radius 2 is 1.93 bits per heavy atom. The third-order valence-corrected chi connectivity index (χ3v) is 6.04. The van der Waals surface area contributed by atoms with E-state index in [2.05, 4.69) is 31.3 Å². The van der Waals surface area contributed by atoms with Gasteiger partial charge in [-0.1, -0.05) is 24.3 Å². The molecule has 3 heterocycles. The van der Waals surface area contributed by atoms with Crippen LogP contribution in [-0.4, -0.2) is 25.7 Å². The van der Waals surface area contributed by atoms with Crippen molar-refractivity contribution in [2.75, 3.05) is 5.32 Å². The fraction of sp³-hybridized carbons (Fsp3) is 0.190. The summed E-state index contributed by atoms with van der Waals surface area (Å²) in [5.74, 6) is 1.15. The molecular formula is C21H17N5OS. The number of ketones is 1. The van der Waals surface area contributed by atoms with Gasteiger partial charge >= 0.3 is 0 Å². The highest BCUT2D eigenvalue weighted by molar-refractivity contribution is 7.10. The van der Waals surface area contributed by atoms with Crippen molar-refractivity contribution in [2.45, 2.75) is 25.7 Å². The third kappa shape index (κ3) is 3.03. The van der Waals surface area contributed by atoms with Crippen molar-refractivity contribution in [1.82, 2.24) is 19.9 Å². The van der Waals surface area contributed by atoms with Crippen LogP contribution in [0.5, 0.6) is 0 Å². The largest absolute Gasteiger partial charge is 0.294 e. The second kappa shape index (κ2) is 6.76. The molecule has 5 rings (SSSR count). The van der Waals surface area contributed by atoms with Crippen LogP contribution in [0.3, 0.4) is 0 Å². The molecule has 0 bridgehead atoms. The van der Waals surface area contributed by atoms with Gasteiger partial charge in [0.2, 0.25) is 11.9 Å². The predicted molar refractivity (Wildman–Crippen MR) is 109 cm³/mol. The number of hydrogen-bond acceptors (Lipinski definition) is 7. The Balaban J connectivity index is 1.46. The molecule has 1 aliphatic carbocycles. The lowest BCUT2D eigenvalue weighted by molar-refractivity contribution is 0.0963. The first-order valence-electron chi connectivity index (χ1n) is 9.10. The van der Waals surface area contributed by atoms with Gasteiger partial charge in [0.25, 0.3) is 0 Å². The molecule has 4 aromatic rings. The van der Waals surface area contributed by atoms with E-state index in [0.717, 1.165) is 28.7 Å². The maximum absolute atomic E-state index is 12.5. The highest BCUT2D eigenvalue weighted by Crippen LogP contribution is 2.34. The Morgan fingerprint density at radius 3 is 2.79 bits per heavy atom. The number of carbonyl (C=O) groups is 1. The summed E-state index contributed by atoms with van der Waals surface area (Å²) in [4.78, 5) is 31.7. The Hall–Kier alpha value is -3.19. The standard InChI is InChI=1S/C21H17N5OS/c1-12-14-5-2-3-6-16(14)24-21(23-12)26-20-22-11-15-17(25-20)9-13(10-18(15)27)19-7-4-8-28-19/h2-8,11,13H,9-10H2,1H3,(H,22,23,24,25,26)/t13-/m0/s1. The van der Waals surface area contributed by atoms with E-state index in [9.17, 15) is 4.79 Å². The molecule has 0 saturated heterocycles. The fourth-order valence-electron chi connectivity index (χ4n) is 3.62. The quantitative estimate of drug-likeness (QED) is 0.559. The summed E-state index contributed by atoms with van der Waals surface area (Å²) in [6, 6.07) is 12.0. The van der Waals surface area contributed by atoms with Crippen molar-refractivity contribution in [2.24, 2.45) is 0 Å². The third-order valence-electron chi connectivity index (χ3n) is 5.00. The molecule has 0 spiro atoms. The molecule has 0 saturated carbocycles.